The molecule has 0 unspecified atom stereocenters. The van der Waals surface area contributed by atoms with Crippen molar-refractivity contribution in [1.29, 1.82) is 0 Å². The van der Waals surface area contributed by atoms with Crippen LogP contribution in [0.15, 0.2) is 97.3 Å². The van der Waals surface area contributed by atoms with Crippen LogP contribution < -0.4 is 5.73 Å². The number of imidazole rings is 1. The van der Waals surface area contributed by atoms with E-state index >= 15 is 0 Å². The predicted molar refractivity (Wildman–Crippen MR) is 164 cm³/mol. The van der Waals surface area contributed by atoms with Gasteiger partial charge in [-0.2, -0.15) is 8.42 Å². The summed E-state index contributed by atoms with van der Waals surface area (Å²) in [4.78, 5) is 14.1. The minimum Gasteiger partial charge on any atom is -0.382 e. The van der Waals surface area contributed by atoms with Crippen LogP contribution in [0.1, 0.15) is 29.8 Å². The molecular weight excluding hydrogens is 546 g/mol. The van der Waals surface area contributed by atoms with Crippen molar-refractivity contribution in [3.05, 3.63) is 114 Å². The normalized spacial score (nSPS) is 18.8. The second kappa shape index (κ2) is 9.75. The molecule has 3 heterocycles. The quantitative estimate of drug-likeness (QED) is 0.225. The van der Waals surface area contributed by atoms with Gasteiger partial charge in [-0.05, 0) is 55.4 Å². The molecule has 0 bridgehead atoms. The van der Waals surface area contributed by atoms with Gasteiger partial charge in [-0.1, -0.05) is 72.8 Å². The van der Waals surface area contributed by atoms with Crippen molar-refractivity contribution in [3.63, 3.8) is 0 Å². The van der Waals surface area contributed by atoms with Crippen molar-refractivity contribution in [2.75, 3.05) is 5.73 Å². The van der Waals surface area contributed by atoms with E-state index in [1.165, 1.54) is 11.8 Å². The molecule has 1 saturated carbocycles. The standard InChI is InChI=1S/C33H29N5O3S/c1-21-7-5-6-10-25(21)17-22-19-33(20-22,42(39,40)41)32-37-29(30-31(34)35-15-16-38(30)32)26-12-11-24-13-14-27(36-28(24)18-26)23-8-3-2-4-9-23/h2-16,18,22H,17,19-20H2,1H3,(H2,34,35)(H,39,40,41). The zero-order valence-electron chi connectivity index (χ0n) is 23.0. The van der Waals surface area contributed by atoms with Crippen LogP contribution in [-0.2, 0) is 21.3 Å². The lowest BCUT2D eigenvalue weighted by Gasteiger charge is -2.44. The van der Waals surface area contributed by atoms with E-state index in [-0.39, 0.29) is 30.4 Å². The van der Waals surface area contributed by atoms with E-state index in [4.69, 9.17) is 15.7 Å². The highest BCUT2D eigenvalue weighted by molar-refractivity contribution is 7.86. The van der Waals surface area contributed by atoms with Gasteiger partial charge in [0.2, 0.25) is 0 Å². The highest BCUT2D eigenvalue weighted by Gasteiger charge is 2.57. The molecule has 210 valence electrons. The monoisotopic (exact) mass is 575 g/mol. The molecule has 6 aromatic rings. The third-order valence-corrected chi connectivity index (χ3v) is 10.0. The zero-order chi connectivity index (χ0) is 29.1. The van der Waals surface area contributed by atoms with E-state index in [2.05, 4.69) is 24.0 Å². The van der Waals surface area contributed by atoms with Gasteiger partial charge in [0.05, 0.1) is 11.2 Å². The van der Waals surface area contributed by atoms with Gasteiger partial charge in [-0.25, -0.2) is 15.0 Å². The highest BCUT2D eigenvalue weighted by atomic mass is 32.2. The van der Waals surface area contributed by atoms with E-state index in [1.807, 2.05) is 72.8 Å². The number of aryl methyl sites for hydroxylation is 1. The molecule has 7 rings (SSSR count). The Kier molecular flexibility index (Phi) is 6.11. The zero-order valence-corrected chi connectivity index (χ0v) is 23.8. The summed E-state index contributed by atoms with van der Waals surface area (Å²) in [7, 11) is -4.52. The molecule has 3 N–H and O–H groups in total. The van der Waals surface area contributed by atoms with Crippen LogP contribution in [0.4, 0.5) is 5.82 Å². The number of pyridine rings is 1. The number of hydrogen-bond acceptors (Lipinski definition) is 6. The molecule has 8 nitrogen and oxygen atoms in total. The van der Waals surface area contributed by atoms with E-state index in [0.717, 1.165) is 39.7 Å². The molecule has 3 aromatic heterocycles. The van der Waals surface area contributed by atoms with Gasteiger partial charge in [0.15, 0.2) is 4.75 Å². The highest BCUT2D eigenvalue weighted by Crippen LogP contribution is 2.53. The fraction of sp³-hybridized carbons (Fsp3) is 0.182. The number of anilines is 1. The number of fused-ring (bicyclic) bond motifs is 2. The third kappa shape index (κ3) is 4.24. The summed E-state index contributed by atoms with van der Waals surface area (Å²) >= 11 is 0. The molecule has 0 spiro atoms. The van der Waals surface area contributed by atoms with Gasteiger partial charge >= 0.3 is 0 Å². The number of rotatable bonds is 6. The minimum atomic E-state index is -4.52. The summed E-state index contributed by atoms with van der Waals surface area (Å²) < 4.78 is 36.9. The molecule has 0 amide bonds. The van der Waals surface area contributed by atoms with Crippen molar-refractivity contribution >= 4 is 32.4 Å². The fourth-order valence-corrected chi connectivity index (χ4v) is 7.56. The van der Waals surface area contributed by atoms with E-state index in [0.29, 0.717) is 11.2 Å². The molecule has 1 fully saturated rings. The van der Waals surface area contributed by atoms with Crippen molar-refractivity contribution in [2.45, 2.75) is 30.9 Å². The number of benzene rings is 3. The summed E-state index contributed by atoms with van der Waals surface area (Å²) in [6.07, 6.45) is 4.41. The molecule has 42 heavy (non-hydrogen) atoms. The predicted octanol–water partition coefficient (Wildman–Crippen LogP) is 6.24. The molecule has 0 radical (unpaired) electrons. The van der Waals surface area contributed by atoms with Crippen molar-refractivity contribution in [1.82, 2.24) is 19.4 Å². The molecule has 1 aliphatic carbocycles. The molecular formula is C33H29N5O3S. The Balaban J connectivity index is 1.34. The van der Waals surface area contributed by atoms with Crippen LogP contribution in [-0.4, -0.2) is 32.3 Å². The summed E-state index contributed by atoms with van der Waals surface area (Å²) in [6, 6.07) is 27.9. The maximum absolute atomic E-state index is 13.1. The Bertz CT molecular complexity index is 2080. The van der Waals surface area contributed by atoms with Crippen LogP contribution in [0, 0.1) is 12.8 Å². The largest absolute Gasteiger partial charge is 0.382 e. The lowest BCUT2D eigenvalue weighted by molar-refractivity contribution is 0.193. The van der Waals surface area contributed by atoms with Gasteiger partial charge in [-0.15, -0.1) is 0 Å². The number of nitrogen functional groups attached to an aromatic ring is 1. The lowest BCUT2D eigenvalue weighted by atomic mass is 9.70. The third-order valence-electron chi connectivity index (χ3n) is 8.53. The summed E-state index contributed by atoms with van der Waals surface area (Å²) in [5, 5.41) is 0.959. The molecule has 1 aliphatic rings. The fourth-order valence-electron chi connectivity index (χ4n) is 6.30. The van der Waals surface area contributed by atoms with Crippen LogP contribution in [0.2, 0.25) is 0 Å². The van der Waals surface area contributed by atoms with Crippen molar-refractivity contribution in [2.24, 2.45) is 5.92 Å². The number of nitrogens with two attached hydrogens (primary N) is 1. The first-order valence-electron chi connectivity index (χ1n) is 13.8. The Morgan fingerprint density at radius 1 is 0.952 bits per heavy atom. The second-order valence-corrected chi connectivity index (χ2v) is 12.9. The van der Waals surface area contributed by atoms with Gasteiger partial charge in [-0.3, -0.25) is 8.95 Å². The second-order valence-electron chi connectivity index (χ2n) is 11.2. The topological polar surface area (TPSA) is 123 Å². The van der Waals surface area contributed by atoms with E-state index in [1.54, 1.807) is 10.6 Å². The van der Waals surface area contributed by atoms with Gasteiger partial charge in [0.25, 0.3) is 10.1 Å². The van der Waals surface area contributed by atoms with Crippen molar-refractivity contribution < 1.29 is 13.0 Å². The van der Waals surface area contributed by atoms with Crippen LogP contribution in [0.3, 0.4) is 0 Å². The van der Waals surface area contributed by atoms with Crippen LogP contribution >= 0.6 is 0 Å². The average molecular weight is 576 g/mol. The summed E-state index contributed by atoms with van der Waals surface area (Å²) in [5.41, 5.74) is 13.1. The number of hydrogen-bond donors (Lipinski definition) is 2. The first-order chi connectivity index (χ1) is 20.2. The first-order valence-corrected chi connectivity index (χ1v) is 15.3. The van der Waals surface area contributed by atoms with Crippen molar-refractivity contribution in [3.8, 4) is 22.5 Å². The Hall–Kier alpha value is -4.60. The molecule has 9 heteroatoms. The number of nitrogens with zero attached hydrogens (tertiary/aromatic N) is 4. The molecule has 3 aromatic carbocycles. The van der Waals surface area contributed by atoms with Gasteiger partial charge in [0.1, 0.15) is 22.9 Å². The average Bonchev–Trinajstić information content (AvgIpc) is 3.36. The first kappa shape index (κ1) is 26.3. The maximum atomic E-state index is 13.1. The van der Waals surface area contributed by atoms with Crippen LogP contribution in [0.25, 0.3) is 38.9 Å². The molecule has 0 aliphatic heterocycles. The van der Waals surface area contributed by atoms with E-state index in [9.17, 15) is 13.0 Å². The van der Waals surface area contributed by atoms with Crippen LogP contribution in [0.5, 0.6) is 0 Å². The van der Waals surface area contributed by atoms with Gasteiger partial charge in [0, 0.05) is 28.9 Å². The Morgan fingerprint density at radius 2 is 1.69 bits per heavy atom. The maximum Gasteiger partial charge on any atom is 0.278 e. The smallest absolute Gasteiger partial charge is 0.278 e. The summed E-state index contributed by atoms with van der Waals surface area (Å²) in [5.74, 6) is 0.541. The summed E-state index contributed by atoms with van der Waals surface area (Å²) in [6.45, 7) is 2.05. The molecule has 0 saturated heterocycles. The molecule has 0 atom stereocenters. The lowest BCUT2D eigenvalue weighted by Crippen LogP contribution is -2.49. The Labute approximate surface area is 243 Å². The number of aromatic nitrogens is 4. The SMILES string of the molecule is Cc1ccccc1CC1CC(c2nc(-c3ccc4ccc(-c5ccccc5)nc4c3)c3c(N)nccn23)(S(=O)(=O)O)C1. The van der Waals surface area contributed by atoms with E-state index < -0.39 is 14.9 Å². The Morgan fingerprint density at radius 3 is 2.45 bits per heavy atom. The minimum absolute atomic E-state index is 0.0734. The van der Waals surface area contributed by atoms with Gasteiger partial charge < -0.3 is 5.73 Å².